The van der Waals surface area contributed by atoms with Gasteiger partial charge in [0.1, 0.15) is 5.76 Å². The molecule has 0 saturated carbocycles. The number of aliphatic hydroxyl groups excluding tert-OH is 1. The summed E-state index contributed by atoms with van der Waals surface area (Å²) >= 11 is 1.61. The second kappa shape index (κ2) is 9.97. The molecule has 33 heavy (non-hydrogen) atoms. The van der Waals surface area contributed by atoms with Crippen molar-refractivity contribution in [3.05, 3.63) is 58.6 Å². The van der Waals surface area contributed by atoms with Crippen LogP contribution in [-0.2, 0) is 16.0 Å². The summed E-state index contributed by atoms with van der Waals surface area (Å²) in [4.78, 5) is 33.3. The highest BCUT2D eigenvalue weighted by Crippen LogP contribution is 2.30. The molecule has 1 N–H and O–H groups in total. The quantitative estimate of drug-likeness (QED) is 0.536. The Morgan fingerprint density at radius 1 is 1.27 bits per heavy atom. The monoisotopic (exact) mass is 467 g/mol. The summed E-state index contributed by atoms with van der Waals surface area (Å²) < 4.78 is 5.32. The van der Waals surface area contributed by atoms with Crippen LogP contribution < -0.4 is 0 Å². The van der Waals surface area contributed by atoms with Crippen molar-refractivity contribution >= 4 is 23.0 Å². The van der Waals surface area contributed by atoms with Crippen molar-refractivity contribution < 1.29 is 19.2 Å². The molecule has 3 atom stereocenters. The first kappa shape index (κ1) is 23.3. The van der Waals surface area contributed by atoms with Crippen molar-refractivity contribution in [2.75, 3.05) is 6.54 Å². The number of rotatable bonds is 8. The van der Waals surface area contributed by atoms with E-state index in [1.807, 2.05) is 31.5 Å². The molecule has 4 rings (SSSR count). The fourth-order valence-electron chi connectivity index (χ4n) is 4.44. The molecule has 1 aromatic carbocycles. The first-order valence-corrected chi connectivity index (χ1v) is 12.2. The molecule has 1 saturated heterocycles. The Balaban J connectivity index is 1.41. The third-order valence-corrected chi connectivity index (χ3v) is 7.23. The number of hydrogen-bond acceptors (Lipinski definition) is 7. The number of nitrogens with zero attached hydrogens (tertiary/aromatic N) is 3. The minimum Gasteiger partial charge on any atom is -0.391 e. The fraction of sp³-hybridized carbons (Fsp3) is 0.440. The predicted octanol–water partition coefficient (Wildman–Crippen LogP) is 4.07. The number of aliphatic hydroxyl groups is 1. The van der Waals surface area contributed by atoms with E-state index in [0.717, 1.165) is 21.7 Å². The first-order valence-electron chi connectivity index (χ1n) is 11.3. The number of Topliss-reactive ketones (excluding diaryl/α,β-unsaturated/α-hetero) is 1. The van der Waals surface area contributed by atoms with Gasteiger partial charge in [0, 0.05) is 25.5 Å². The van der Waals surface area contributed by atoms with Crippen molar-refractivity contribution in [3.8, 4) is 10.4 Å². The van der Waals surface area contributed by atoms with Crippen LogP contribution in [0.4, 0.5) is 0 Å². The Labute approximate surface area is 197 Å². The zero-order valence-electron chi connectivity index (χ0n) is 19.2. The number of carbonyl (C=O) groups is 2. The SMILES string of the molecule is CC[C@@H](C(=O)N1C[C@H](O)C[C@H]1C(=O)CCc1ccc(-c2scnc2C)cc1)c1cc(C)no1. The summed E-state index contributed by atoms with van der Waals surface area (Å²) in [7, 11) is 0. The maximum Gasteiger partial charge on any atom is 0.234 e. The van der Waals surface area contributed by atoms with Crippen molar-refractivity contribution in [1.82, 2.24) is 15.0 Å². The number of thiazole rings is 1. The van der Waals surface area contributed by atoms with Gasteiger partial charge in [-0.3, -0.25) is 9.59 Å². The molecule has 0 bridgehead atoms. The van der Waals surface area contributed by atoms with E-state index in [-0.39, 0.29) is 24.7 Å². The van der Waals surface area contributed by atoms with Crippen LogP contribution in [0.5, 0.6) is 0 Å². The van der Waals surface area contributed by atoms with Crippen molar-refractivity contribution in [2.45, 2.75) is 64.5 Å². The van der Waals surface area contributed by atoms with Crippen LogP contribution in [0.25, 0.3) is 10.4 Å². The van der Waals surface area contributed by atoms with E-state index in [2.05, 4.69) is 22.3 Å². The normalized spacial score (nSPS) is 19.1. The van der Waals surface area contributed by atoms with Crippen LogP contribution in [0.2, 0.25) is 0 Å². The van der Waals surface area contributed by atoms with Gasteiger partial charge in [0.25, 0.3) is 0 Å². The average Bonchev–Trinajstić information content (AvgIpc) is 3.53. The molecule has 7 nitrogen and oxygen atoms in total. The number of hydrogen-bond donors (Lipinski definition) is 1. The van der Waals surface area contributed by atoms with Crippen LogP contribution in [0.1, 0.15) is 54.8 Å². The Kier molecular flexibility index (Phi) is 7.05. The Morgan fingerprint density at radius 3 is 2.64 bits per heavy atom. The lowest BCUT2D eigenvalue weighted by Crippen LogP contribution is -2.43. The molecule has 1 aliphatic heterocycles. The third-order valence-electron chi connectivity index (χ3n) is 6.25. The molecule has 1 aliphatic rings. The van der Waals surface area contributed by atoms with Gasteiger partial charge in [-0.05, 0) is 37.8 Å². The minimum absolute atomic E-state index is 0.0223. The zero-order valence-corrected chi connectivity index (χ0v) is 20.0. The highest BCUT2D eigenvalue weighted by molar-refractivity contribution is 7.13. The first-order chi connectivity index (χ1) is 15.9. The maximum absolute atomic E-state index is 13.3. The van der Waals surface area contributed by atoms with Gasteiger partial charge in [0.05, 0.1) is 39.8 Å². The summed E-state index contributed by atoms with van der Waals surface area (Å²) in [5.74, 6) is -0.211. The molecule has 2 aromatic heterocycles. The van der Waals surface area contributed by atoms with E-state index >= 15 is 0 Å². The Bertz CT molecular complexity index is 1120. The number of benzene rings is 1. The largest absolute Gasteiger partial charge is 0.391 e. The van der Waals surface area contributed by atoms with E-state index < -0.39 is 18.1 Å². The van der Waals surface area contributed by atoms with Gasteiger partial charge < -0.3 is 14.5 Å². The molecule has 0 spiro atoms. The zero-order chi connectivity index (χ0) is 23.5. The van der Waals surface area contributed by atoms with Crippen molar-refractivity contribution in [1.29, 1.82) is 0 Å². The number of carbonyl (C=O) groups excluding carboxylic acids is 2. The van der Waals surface area contributed by atoms with Gasteiger partial charge in [-0.15, -0.1) is 11.3 Å². The molecular formula is C25H29N3O4S. The fourth-order valence-corrected chi connectivity index (χ4v) is 5.26. The Hall–Kier alpha value is -2.84. The van der Waals surface area contributed by atoms with Gasteiger partial charge in [-0.25, -0.2) is 4.98 Å². The smallest absolute Gasteiger partial charge is 0.234 e. The predicted molar refractivity (Wildman–Crippen MR) is 126 cm³/mol. The van der Waals surface area contributed by atoms with Crippen LogP contribution in [0, 0.1) is 13.8 Å². The summed E-state index contributed by atoms with van der Waals surface area (Å²) in [6, 6.07) is 9.33. The van der Waals surface area contributed by atoms with Gasteiger partial charge >= 0.3 is 0 Å². The van der Waals surface area contributed by atoms with Crippen molar-refractivity contribution in [3.63, 3.8) is 0 Å². The summed E-state index contributed by atoms with van der Waals surface area (Å²) in [6.45, 7) is 5.87. The molecular weight excluding hydrogens is 438 g/mol. The van der Waals surface area contributed by atoms with Gasteiger partial charge in [0.15, 0.2) is 5.78 Å². The molecule has 3 heterocycles. The molecule has 8 heteroatoms. The van der Waals surface area contributed by atoms with E-state index in [1.165, 1.54) is 4.90 Å². The van der Waals surface area contributed by atoms with E-state index in [4.69, 9.17) is 4.52 Å². The maximum atomic E-state index is 13.3. The minimum atomic E-state index is -0.696. The number of aryl methyl sites for hydroxylation is 3. The molecule has 0 aliphatic carbocycles. The number of β-amino-alcohol motifs (C(OH)–C–C–N with tert-alkyl or cyclic N) is 1. The van der Waals surface area contributed by atoms with E-state index in [1.54, 1.807) is 24.3 Å². The van der Waals surface area contributed by atoms with E-state index in [9.17, 15) is 14.7 Å². The van der Waals surface area contributed by atoms with Crippen LogP contribution in [0.15, 0.2) is 40.4 Å². The van der Waals surface area contributed by atoms with Crippen molar-refractivity contribution in [2.24, 2.45) is 0 Å². The van der Waals surface area contributed by atoms with Crippen LogP contribution in [0.3, 0.4) is 0 Å². The molecule has 3 aromatic rings. The Morgan fingerprint density at radius 2 is 2.03 bits per heavy atom. The topological polar surface area (TPSA) is 96.5 Å². The lowest BCUT2D eigenvalue weighted by molar-refractivity contribution is -0.139. The number of aromatic nitrogens is 2. The number of likely N-dealkylation sites (tertiary alicyclic amines) is 1. The number of ketones is 1. The van der Waals surface area contributed by atoms with Gasteiger partial charge in [-0.2, -0.15) is 0 Å². The highest BCUT2D eigenvalue weighted by Gasteiger charge is 2.41. The molecule has 1 amide bonds. The molecule has 0 radical (unpaired) electrons. The molecule has 1 fully saturated rings. The van der Waals surface area contributed by atoms with Gasteiger partial charge in [-0.1, -0.05) is 36.3 Å². The molecule has 174 valence electrons. The summed E-state index contributed by atoms with van der Waals surface area (Å²) in [5, 5.41) is 14.1. The lowest BCUT2D eigenvalue weighted by Gasteiger charge is -2.26. The highest BCUT2D eigenvalue weighted by atomic mass is 32.1. The average molecular weight is 468 g/mol. The van der Waals surface area contributed by atoms with E-state index in [0.29, 0.717) is 30.7 Å². The van der Waals surface area contributed by atoms with Crippen LogP contribution in [-0.4, -0.2) is 50.5 Å². The van der Waals surface area contributed by atoms with Crippen LogP contribution >= 0.6 is 11.3 Å². The number of amides is 1. The molecule has 0 unspecified atom stereocenters. The van der Waals surface area contributed by atoms with Gasteiger partial charge in [0.2, 0.25) is 5.91 Å². The lowest BCUT2D eigenvalue weighted by atomic mass is 9.98. The second-order valence-electron chi connectivity index (χ2n) is 8.66. The summed E-state index contributed by atoms with van der Waals surface area (Å²) in [5.41, 5.74) is 5.75. The summed E-state index contributed by atoms with van der Waals surface area (Å²) in [6.07, 6.45) is 1.03. The second-order valence-corrected chi connectivity index (χ2v) is 9.51. The third kappa shape index (κ3) is 5.07. The standard InChI is InChI=1S/C25H29N3O4S/c1-4-20(23-11-15(2)27-32-23)25(31)28-13-19(29)12-21(28)22(30)10-7-17-5-8-18(9-6-17)24-16(3)26-14-33-24/h5-6,8-9,11,14,19-21,29H,4,7,10,12-13H2,1-3H3/t19-,20-,21+/m1/s1.